The number of rotatable bonds is 11. The molecular formula is C27H27Cl2FN2O3. The van der Waals surface area contributed by atoms with E-state index in [1.807, 2.05) is 37.3 Å². The maximum atomic E-state index is 14.1. The SMILES string of the molecule is CCCNC(=O)[C@H](Cc1ccccc1)N(Cc1c(Cl)cccc1Cl)C(=O)COc1ccccc1F. The van der Waals surface area contributed by atoms with E-state index >= 15 is 0 Å². The molecule has 3 rings (SSSR count). The normalized spacial score (nSPS) is 11.5. The molecule has 8 heteroatoms. The molecular weight excluding hydrogens is 490 g/mol. The van der Waals surface area contributed by atoms with Gasteiger partial charge >= 0.3 is 0 Å². The molecule has 0 aliphatic carbocycles. The van der Waals surface area contributed by atoms with Gasteiger partial charge in [0.05, 0.1) is 0 Å². The summed E-state index contributed by atoms with van der Waals surface area (Å²) in [5, 5.41) is 3.63. The highest BCUT2D eigenvalue weighted by Gasteiger charge is 2.31. The molecule has 184 valence electrons. The van der Waals surface area contributed by atoms with Crippen LogP contribution >= 0.6 is 23.2 Å². The molecule has 1 N–H and O–H groups in total. The van der Waals surface area contributed by atoms with Gasteiger partial charge in [0.25, 0.3) is 5.91 Å². The molecule has 3 aromatic carbocycles. The minimum absolute atomic E-state index is 0.0188. The van der Waals surface area contributed by atoms with Gasteiger partial charge in [0.1, 0.15) is 6.04 Å². The summed E-state index contributed by atoms with van der Waals surface area (Å²) in [5.74, 6) is -1.44. The van der Waals surface area contributed by atoms with E-state index in [0.29, 0.717) is 22.2 Å². The molecule has 0 heterocycles. The number of hydrogen-bond donors (Lipinski definition) is 1. The molecule has 0 bridgehead atoms. The molecule has 0 radical (unpaired) electrons. The number of ether oxygens (including phenoxy) is 1. The van der Waals surface area contributed by atoms with Crippen LogP contribution in [0, 0.1) is 5.82 Å². The van der Waals surface area contributed by atoms with Gasteiger partial charge in [0.2, 0.25) is 5.91 Å². The third kappa shape index (κ3) is 7.44. The van der Waals surface area contributed by atoms with Crippen molar-refractivity contribution in [3.63, 3.8) is 0 Å². The van der Waals surface area contributed by atoms with Crippen LogP contribution in [-0.2, 0) is 22.6 Å². The van der Waals surface area contributed by atoms with Gasteiger partial charge in [-0.15, -0.1) is 0 Å². The summed E-state index contributed by atoms with van der Waals surface area (Å²) in [6.45, 7) is 1.93. The third-order valence-electron chi connectivity index (χ3n) is 5.40. The van der Waals surface area contributed by atoms with E-state index in [-0.39, 0.29) is 24.6 Å². The van der Waals surface area contributed by atoms with Crippen LogP contribution in [0.4, 0.5) is 4.39 Å². The Morgan fingerprint density at radius 2 is 1.63 bits per heavy atom. The zero-order valence-corrected chi connectivity index (χ0v) is 20.9. The van der Waals surface area contributed by atoms with E-state index in [2.05, 4.69) is 5.32 Å². The summed E-state index contributed by atoms with van der Waals surface area (Å²) in [5.41, 5.74) is 1.39. The van der Waals surface area contributed by atoms with Crippen molar-refractivity contribution in [3.05, 3.63) is 99.8 Å². The summed E-state index contributed by atoms with van der Waals surface area (Å²) in [7, 11) is 0. The molecule has 0 saturated carbocycles. The largest absolute Gasteiger partial charge is 0.481 e. The predicted octanol–water partition coefficient (Wildman–Crippen LogP) is 5.68. The van der Waals surface area contributed by atoms with E-state index in [0.717, 1.165) is 12.0 Å². The summed E-state index contributed by atoms with van der Waals surface area (Å²) >= 11 is 12.8. The van der Waals surface area contributed by atoms with Gasteiger partial charge in [-0.05, 0) is 36.2 Å². The zero-order chi connectivity index (χ0) is 25.2. The highest BCUT2D eigenvalue weighted by molar-refractivity contribution is 6.36. The number of nitrogens with one attached hydrogen (secondary N) is 1. The summed E-state index contributed by atoms with van der Waals surface area (Å²) < 4.78 is 19.5. The lowest BCUT2D eigenvalue weighted by atomic mass is 10.0. The molecule has 0 aromatic heterocycles. The Morgan fingerprint density at radius 3 is 2.29 bits per heavy atom. The molecule has 2 amide bonds. The fraction of sp³-hybridized carbons (Fsp3) is 0.259. The van der Waals surface area contributed by atoms with E-state index < -0.39 is 24.4 Å². The maximum Gasteiger partial charge on any atom is 0.261 e. The lowest BCUT2D eigenvalue weighted by molar-refractivity contribution is -0.142. The molecule has 0 unspecified atom stereocenters. The van der Waals surface area contributed by atoms with Gasteiger partial charge in [-0.25, -0.2) is 4.39 Å². The number of carbonyl (C=O) groups excluding carboxylic acids is 2. The second kappa shape index (κ2) is 13.1. The van der Waals surface area contributed by atoms with Crippen molar-refractivity contribution in [1.29, 1.82) is 0 Å². The minimum atomic E-state index is -0.868. The Hall–Kier alpha value is -3.09. The molecule has 0 spiro atoms. The molecule has 5 nitrogen and oxygen atoms in total. The first kappa shape index (κ1) is 26.5. The first-order chi connectivity index (χ1) is 16.9. The number of halogens is 3. The monoisotopic (exact) mass is 516 g/mol. The van der Waals surface area contributed by atoms with E-state index in [1.54, 1.807) is 24.3 Å². The van der Waals surface area contributed by atoms with Crippen LogP contribution in [0.1, 0.15) is 24.5 Å². The number of para-hydroxylation sites is 1. The molecule has 0 aliphatic rings. The van der Waals surface area contributed by atoms with Crippen molar-refractivity contribution in [1.82, 2.24) is 10.2 Å². The van der Waals surface area contributed by atoms with E-state index in [9.17, 15) is 14.0 Å². The van der Waals surface area contributed by atoms with Crippen LogP contribution in [0.15, 0.2) is 72.8 Å². The Bertz CT molecular complexity index is 1120. The first-order valence-corrected chi connectivity index (χ1v) is 12.1. The van der Waals surface area contributed by atoms with Gasteiger partial charge < -0.3 is 15.0 Å². The number of hydrogen-bond acceptors (Lipinski definition) is 3. The molecule has 0 fully saturated rings. The zero-order valence-electron chi connectivity index (χ0n) is 19.3. The molecule has 35 heavy (non-hydrogen) atoms. The third-order valence-corrected chi connectivity index (χ3v) is 6.11. The quantitative estimate of drug-likeness (QED) is 0.356. The number of nitrogens with zero attached hydrogens (tertiary/aromatic N) is 1. The number of benzene rings is 3. The standard InChI is InChI=1S/C27H27Cl2FN2O3/c1-2-15-31-27(34)24(16-19-9-4-3-5-10-19)32(17-20-21(28)11-8-12-22(20)29)26(33)18-35-25-14-7-6-13-23(25)30/h3-14,24H,2,15-18H2,1H3,(H,31,34)/t24-/m0/s1. The van der Waals surface area contributed by atoms with Crippen molar-refractivity contribution in [3.8, 4) is 5.75 Å². The van der Waals surface area contributed by atoms with Gasteiger partial charge in [-0.1, -0.05) is 78.7 Å². The van der Waals surface area contributed by atoms with Crippen LogP contribution in [0.3, 0.4) is 0 Å². The smallest absolute Gasteiger partial charge is 0.261 e. The van der Waals surface area contributed by atoms with Crippen molar-refractivity contribution < 1.29 is 18.7 Å². The van der Waals surface area contributed by atoms with E-state index in [4.69, 9.17) is 27.9 Å². The minimum Gasteiger partial charge on any atom is -0.481 e. The van der Waals surface area contributed by atoms with Gasteiger partial charge in [0.15, 0.2) is 18.2 Å². The van der Waals surface area contributed by atoms with Crippen molar-refractivity contribution >= 4 is 35.0 Å². The van der Waals surface area contributed by atoms with Gasteiger partial charge in [-0.2, -0.15) is 0 Å². The average Bonchev–Trinajstić information content (AvgIpc) is 2.86. The Labute approximate surface area is 214 Å². The van der Waals surface area contributed by atoms with Crippen molar-refractivity contribution in [2.45, 2.75) is 32.4 Å². The average molecular weight is 517 g/mol. The number of amides is 2. The topological polar surface area (TPSA) is 58.6 Å². The fourth-order valence-corrected chi connectivity index (χ4v) is 4.07. The van der Waals surface area contributed by atoms with Crippen LogP contribution in [0.25, 0.3) is 0 Å². The summed E-state index contributed by atoms with van der Waals surface area (Å²) in [6.07, 6.45) is 1.01. The molecule has 3 aromatic rings. The van der Waals surface area contributed by atoms with Crippen LogP contribution in [0.2, 0.25) is 10.0 Å². The molecule has 0 saturated heterocycles. The maximum absolute atomic E-state index is 14.1. The van der Waals surface area contributed by atoms with Crippen LogP contribution < -0.4 is 10.1 Å². The number of carbonyl (C=O) groups is 2. The van der Waals surface area contributed by atoms with Gasteiger partial charge in [-0.3, -0.25) is 9.59 Å². The van der Waals surface area contributed by atoms with Crippen molar-refractivity contribution in [2.75, 3.05) is 13.2 Å². The van der Waals surface area contributed by atoms with Crippen LogP contribution in [-0.4, -0.2) is 35.9 Å². The van der Waals surface area contributed by atoms with E-state index in [1.165, 1.54) is 23.1 Å². The van der Waals surface area contributed by atoms with Crippen LogP contribution in [0.5, 0.6) is 5.75 Å². The molecule has 1 atom stereocenters. The first-order valence-electron chi connectivity index (χ1n) is 11.3. The van der Waals surface area contributed by atoms with Crippen molar-refractivity contribution in [2.24, 2.45) is 0 Å². The Morgan fingerprint density at radius 1 is 0.971 bits per heavy atom. The Kier molecular flexibility index (Phi) is 9.94. The fourth-order valence-electron chi connectivity index (χ4n) is 3.56. The highest BCUT2D eigenvalue weighted by Crippen LogP contribution is 2.27. The lowest BCUT2D eigenvalue weighted by Gasteiger charge is -2.32. The lowest BCUT2D eigenvalue weighted by Crippen LogP contribution is -2.51. The predicted molar refractivity (Wildman–Crippen MR) is 136 cm³/mol. The molecule has 0 aliphatic heterocycles. The summed E-state index contributed by atoms with van der Waals surface area (Å²) in [4.78, 5) is 28.1. The van der Waals surface area contributed by atoms with Gasteiger partial charge in [0, 0.05) is 35.1 Å². The Balaban J connectivity index is 1.95. The summed E-state index contributed by atoms with van der Waals surface area (Å²) in [6, 6.07) is 19.4. The second-order valence-electron chi connectivity index (χ2n) is 7.94. The highest BCUT2D eigenvalue weighted by atomic mass is 35.5. The second-order valence-corrected chi connectivity index (χ2v) is 8.75.